The Morgan fingerprint density at radius 3 is 2.81 bits per heavy atom. The van der Waals surface area contributed by atoms with Crippen LogP contribution in [0.25, 0.3) is 11.0 Å². The van der Waals surface area contributed by atoms with Gasteiger partial charge in [-0.15, -0.1) is 0 Å². The van der Waals surface area contributed by atoms with Gasteiger partial charge in [0.05, 0.1) is 5.52 Å². The van der Waals surface area contributed by atoms with Crippen molar-refractivity contribution in [3.05, 3.63) is 26.9 Å². The van der Waals surface area contributed by atoms with Crippen LogP contribution in [-0.2, 0) is 0 Å². The fourth-order valence-corrected chi connectivity index (χ4v) is 2.20. The summed E-state index contributed by atoms with van der Waals surface area (Å²) in [6.07, 6.45) is 0.878. The monoisotopic (exact) mass is 237 g/mol. The maximum absolute atomic E-state index is 12.2. The molecule has 0 fully saturated rings. The summed E-state index contributed by atoms with van der Waals surface area (Å²) in [4.78, 5) is 18.4. The number of aryl methyl sites for hydroxylation is 1. The van der Waals surface area contributed by atoms with Crippen molar-refractivity contribution in [1.29, 1.82) is 0 Å². The van der Waals surface area contributed by atoms with Gasteiger partial charge in [0, 0.05) is 11.7 Å². The summed E-state index contributed by atoms with van der Waals surface area (Å²) in [5, 5.41) is 0. The average molecular weight is 237 g/mol. The summed E-state index contributed by atoms with van der Waals surface area (Å²) in [5.74, 6) is 0. The van der Waals surface area contributed by atoms with Crippen molar-refractivity contribution in [2.45, 2.75) is 33.2 Å². The van der Waals surface area contributed by atoms with Crippen LogP contribution in [0.5, 0.6) is 0 Å². The van der Waals surface area contributed by atoms with E-state index in [1.165, 1.54) is 0 Å². The summed E-state index contributed by atoms with van der Waals surface area (Å²) < 4.78 is 2.12. The number of rotatable bonds is 2. The summed E-state index contributed by atoms with van der Waals surface area (Å²) >= 11 is 5.21. The maximum Gasteiger partial charge on any atom is 0.278 e. The van der Waals surface area contributed by atoms with Gasteiger partial charge >= 0.3 is 0 Å². The first-order chi connectivity index (χ1) is 7.54. The van der Waals surface area contributed by atoms with Crippen LogP contribution >= 0.6 is 12.2 Å². The van der Waals surface area contributed by atoms with Gasteiger partial charge in [-0.1, -0.05) is 6.92 Å². The van der Waals surface area contributed by atoms with E-state index >= 15 is 0 Å². The van der Waals surface area contributed by atoms with E-state index in [2.05, 4.69) is 9.97 Å². The highest BCUT2D eigenvalue weighted by Gasteiger charge is 2.11. The molecule has 0 aliphatic heterocycles. The number of aromatic nitrogens is 3. The molecule has 0 unspecified atom stereocenters. The summed E-state index contributed by atoms with van der Waals surface area (Å²) in [5.41, 5.74) is 2.30. The minimum Gasteiger partial charge on any atom is -0.353 e. The molecule has 4 nitrogen and oxygen atoms in total. The third kappa shape index (κ3) is 1.61. The number of H-pyrrole nitrogens is 2. The van der Waals surface area contributed by atoms with Gasteiger partial charge in [-0.3, -0.25) is 9.36 Å². The van der Waals surface area contributed by atoms with Crippen molar-refractivity contribution >= 4 is 23.3 Å². The number of nitrogens with zero attached hydrogens (tertiary/aromatic N) is 1. The molecule has 0 spiro atoms. The Labute approximate surface area is 98.3 Å². The minimum absolute atomic E-state index is 0.0406. The molecule has 0 bridgehead atoms. The Bertz CT molecular complexity index is 635. The van der Waals surface area contributed by atoms with Crippen LogP contribution < -0.4 is 5.56 Å². The lowest BCUT2D eigenvalue weighted by atomic mass is 10.2. The van der Waals surface area contributed by atoms with Crippen LogP contribution in [0.3, 0.4) is 0 Å². The summed E-state index contributed by atoms with van der Waals surface area (Å²) in [7, 11) is 0. The molecule has 2 heterocycles. The molecule has 0 radical (unpaired) electrons. The normalized spacial score (nSPS) is 13.2. The van der Waals surface area contributed by atoms with E-state index in [-0.39, 0.29) is 11.6 Å². The van der Waals surface area contributed by atoms with E-state index in [0.717, 1.165) is 17.6 Å². The fourth-order valence-electron chi connectivity index (χ4n) is 1.83. The molecule has 0 aliphatic carbocycles. The zero-order valence-corrected chi connectivity index (χ0v) is 10.4. The van der Waals surface area contributed by atoms with Crippen LogP contribution in [0.2, 0.25) is 0 Å². The molecule has 0 aromatic carbocycles. The Kier molecular flexibility index (Phi) is 2.71. The average Bonchev–Trinajstić information content (AvgIpc) is 2.58. The molecule has 2 aromatic heterocycles. The highest BCUT2D eigenvalue weighted by atomic mass is 32.1. The lowest BCUT2D eigenvalue weighted by Gasteiger charge is -2.12. The molecule has 2 N–H and O–H groups in total. The molecule has 0 aliphatic rings. The van der Waals surface area contributed by atoms with Crippen LogP contribution in [0.4, 0.5) is 0 Å². The largest absolute Gasteiger partial charge is 0.353 e. The van der Waals surface area contributed by atoms with Gasteiger partial charge in [-0.2, -0.15) is 0 Å². The molecule has 0 saturated carbocycles. The van der Waals surface area contributed by atoms with Gasteiger partial charge in [0.1, 0.15) is 5.52 Å². The Morgan fingerprint density at radius 1 is 1.50 bits per heavy atom. The molecule has 2 rings (SSSR count). The van der Waals surface area contributed by atoms with Crippen LogP contribution in [0, 0.1) is 11.7 Å². The second kappa shape index (κ2) is 3.90. The van der Waals surface area contributed by atoms with Crippen molar-refractivity contribution in [2.24, 2.45) is 0 Å². The molecule has 5 heteroatoms. The molecule has 2 aromatic rings. The molecule has 86 valence electrons. The van der Waals surface area contributed by atoms with Crippen molar-refractivity contribution in [3.63, 3.8) is 0 Å². The van der Waals surface area contributed by atoms with E-state index in [1.807, 2.05) is 26.8 Å². The van der Waals surface area contributed by atoms with E-state index < -0.39 is 0 Å². The van der Waals surface area contributed by atoms with Gasteiger partial charge in [-0.05, 0) is 38.6 Å². The Morgan fingerprint density at radius 2 is 2.19 bits per heavy atom. The zero-order chi connectivity index (χ0) is 11.9. The Hall–Kier alpha value is -1.36. The van der Waals surface area contributed by atoms with Crippen molar-refractivity contribution in [3.8, 4) is 0 Å². The Balaban J connectivity index is 2.85. The van der Waals surface area contributed by atoms with Crippen molar-refractivity contribution < 1.29 is 0 Å². The predicted molar refractivity (Wildman–Crippen MR) is 67.5 cm³/mol. The standard InChI is InChI=1S/C11H15N3OS/c1-4-7(3)14-10(15)9-8(13-11(14)16)5-6(2)12-9/h5,7,12H,4H2,1-3H3,(H,13,16)/t7-/m0/s1. The molecular formula is C11H15N3OS. The summed E-state index contributed by atoms with van der Waals surface area (Å²) in [6, 6.07) is 2.01. The number of hydrogen-bond acceptors (Lipinski definition) is 2. The molecule has 16 heavy (non-hydrogen) atoms. The third-order valence-electron chi connectivity index (χ3n) is 2.88. The van der Waals surface area contributed by atoms with E-state index in [4.69, 9.17) is 12.2 Å². The second-order valence-corrected chi connectivity index (χ2v) is 4.49. The maximum atomic E-state index is 12.2. The van der Waals surface area contributed by atoms with Crippen molar-refractivity contribution in [1.82, 2.24) is 14.5 Å². The molecule has 1 atom stereocenters. The number of hydrogen-bond donors (Lipinski definition) is 2. The molecular weight excluding hydrogens is 222 g/mol. The van der Waals surface area contributed by atoms with Crippen LogP contribution in [-0.4, -0.2) is 14.5 Å². The van der Waals surface area contributed by atoms with E-state index in [0.29, 0.717) is 10.3 Å². The van der Waals surface area contributed by atoms with Gasteiger partial charge in [-0.25, -0.2) is 0 Å². The lowest BCUT2D eigenvalue weighted by Crippen LogP contribution is -2.24. The quantitative estimate of drug-likeness (QED) is 0.789. The van der Waals surface area contributed by atoms with E-state index in [9.17, 15) is 4.79 Å². The topological polar surface area (TPSA) is 53.6 Å². The van der Waals surface area contributed by atoms with Gasteiger partial charge in [0.25, 0.3) is 5.56 Å². The first-order valence-corrected chi connectivity index (χ1v) is 5.79. The smallest absolute Gasteiger partial charge is 0.278 e. The van der Waals surface area contributed by atoms with Gasteiger partial charge in [0.15, 0.2) is 4.77 Å². The number of nitrogens with one attached hydrogen (secondary N) is 2. The first-order valence-electron chi connectivity index (χ1n) is 5.38. The fraction of sp³-hybridized carbons (Fsp3) is 0.455. The predicted octanol–water partition coefficient (Wildman–Crippen LogP) is 2.67. The highest BCUT2D eigenvalue weighted by Crippen LogP contribution is 2.12. The van der Waals surface area contributed by atoms with Gasteiger partial charge < -0.3 is 9.97 Å². The zero-order valence-electron chi connectivity index (χ0n) is 9.63. The number of aromatic amines is 2. The molecule has 0 amide bonds. The van der Waals surface area contributed by atoms with E-state index in [1.54, 1.807) is 4.57 Å². The minimum atomic E-state index is -0.0406. The lowest BCUT2D eigenvalue weighted by molar-refractivity contribution is 0.504. The molecule has 0 saturated heterocycles. The highest BCUT2D eigenvalue weighted by molar-refractivity contribution is 7.71. The van der Waals surface area contributed by atoms with Crippen LogP contribution in [0.15, 0.2) is 10.9 Å². The van der Waals surface area contributed by atoms with Crippen molar-refractivity contribution in [2.75, 3.05) is 0 Å². The number of fused-ring (bicyclic) bond motifs is 1. The second-order valence-electron chi connectivity index (χ2n) is 4.10. The third-order valence-corrected chi connectivity index (χ3v) is 3.18. The first kappa shape index (κ1) is 11.1. The SMILES string of the molecule is CC[C@H](C)n1c(=S)[nH]c2cc(C)[nH]c2c1=O. The summed E-state index contributed by atoms with van der Waals surface area (Å²) in [6.45, 7) is 5.95. The van der Waals surface area contributed by atoms with Crippen LogP contribution in [0.1, 0.15) is 32.0 Å². The van der Waals surface area contributed by atoms with Gasteiger partial charge in [0.2, 0.25) is 0 Å².